The minimum absolute atomic E-state index is 0.120. The first kappa shape index (κ1) is 19.6. The number of esters is 1. The van der Waals surface area contributed by atoms with Crippen LogP contribution in [0.15, 0.2) is 47.0 Å². The lowest BCUT2D eigenvalue weighted by molar-refractivity contribution is -0.117. The number of likely N-dealkylation sites (N-methyl/N-ethyl adjacent to an activating group) is 1. The zero-order valence-electron chi connectivity index (χ0n) is 16.2. The Hall–Kier alpha value is -3.19. The smallest absolute Gasteiger partial charge is 0.342 e. The lowest BCUT2D eigenvalue weighted by atomic mass is 10.1. The maximum atomic E-state index is 12.4. The van der Waals surface area contributed by atoms with Crippen molar-refractivity contribution in [2.75, 3.05) is 25.5 Å². The van der Waals surface area contributed by atoms with Crippen LogP contribution in [0.2, 0.25) is 0 Å². The van der Waals surface area contributed by atoms with Crippen LogP contribution in [0.25, 0.3) is 11.0 Å². The predicted molar refractivity (Wildman–Crippen MR) is 106 cm³/mol. The molecule has 2 heterocycles. The van der Waals surface area contributed by atoms with Gasteiger partial charge in [-0.2, -0.15) is 0 Å². The van der Waals surface area contributed by atoms with Crippen molar-refractivity contribution in [3.8, 4) is 0 Å². The molecule has 0 unspecified atom stereocenters. The Bertz CT molecular complexity index is 996. The summed E-state index contributed by atoms with van der Waals surface area (Å²) in [6.07, 6.45) is 1.65. The molecular weight excluding hydrogens is 358 g/mol. The summed E-state index contributed by atoms with van der Waals surface area (Å²) < 4.78 is 11.0. The molecule has 0 aliphatic heterocycles. The average molecular weight is 381 g/mol. The fourth-order valence-electron chi connectivity index (χ4n) is 2.97. The number of rotatable bonds is 7. The molecule has 0 spiro atoms. The molecule has 7 heteroatoms. The zero-order valence-corrected chi connectivity index (χ0v) is 16.2. The first-order chi connectivity index (χ1) is 13.5. The van der Waals surface area contributed by atoms with Crippen LogP contribution in [0.5, 0.6) is 0 Å². The molecule has 3 rings (SSSR count). The summed E-state index contributed by atoms with van der Waals surface area (Å²) in [5.41, 5.74) is 2.03. The van der Waals surface area contributed by atoms with Gasteiger partial charge in [-0.3, -0.25) is 9.69 Å². The van der Waals surface area contributed by atoms with Crippen LogP contribution >= 0.6 is 0 Å². The first-order valence-electron chi connectivity index (χ1n) is 9.06. The Morgan fingerprint density at radius 2 is 2.04 bits per heavy atom. The number of para-hydroxylation sites is 1. The molecule has 1 N–H and O–H groups in total. The van der Waals surface area contributed by atoms with Crippen LogP contribution in [-0.4, -0.2) is 42.0 Å². The highest BCUT2D eigenvalue weighted by Gasteiger charge is 2.23. The van der Waals surface area contributed by atoms with Crippen molar-refractivity contribution in [3.63, 3.8) is 0 Å². The molecule has 0 fully saturated rings. The molecule has 3 aromatic rings. The molecule has 0 saturated carbocycles. The topological polar surface area (TPSA) is 84.7 Å². The van der Waals surface area contributed by atoms with E-state index in [1.807, 2.05) is 31.2 Å². The molecule has 0 aliphatic rings. The number of hydrogen-bond donors (Lipinski definition) is 1. The number of amides is 1. The number of furan rings is 1. The van der Waals surface area contributed by atoms with Crippen molar-refractivity contribution < 1.29 is 18.7 Å². The second kappa shape index (κ2) is 8.67. The van der Waals surface area contributed by atoms with Gasteiger partial charge in [-0.1, -0.05) is 18.2 Å². The second-order valence-electron chi connectivity index (χ2n) is 6.56. The fraction of sp³-hybridized carbons (Fsp3) is 0.286. The number of carbonyl (C=O) groups is 2. The number of hydrogen-bond acceptors (Lipinski definition) is 6. The van der Waals surface area contributed by atoms with E-state index in [2.05, 4.69) is 10.3 Å². The van der Waals surface area contributed by atoms with Gasteiger partial charge < -0.3 is 14.5 Å². The summed E-state index contributed by atoms with van der Waals surface area (Å²) in [7, 11) is 1.78. The number of benzene rings is 1. The molecule has 0 atom stereocenters. The summed E-state index contributed by atoms with van der Waals surface area (Å²) in [6, 6.07) is 11.0. The lowest BCUT2D eigenvalue weighted by Gasteiger charge is -2.15. The third kappa shape index (κ3) is 4.55. The lowest BCUT2D eigenvalue weighted by Crippen LogP contribution is -2.30. The third-order valence-corrected chi connectivity index (χ3v) is 4.16. The van der Waals surface area contributed by atoms with Crippen LogP contribution in [0.3, 0.4) is 0 Å². The van der Waals surface area contributed by atoms with Gasteiger partial charge in [-0.05, 0) is 44.7 Å². The van der Waals surface area contributed by atoms with E-state index in [9.17, 15) is 9.59 Å². The highest BCUT2D eigenvalue weighted by atomic mass is 16.5. The summed E-state index contributed by atoms with van der Waals surface area (Å²) in [5, 5.41) is 3.48. The number of aromatic nitrogens is 1. The van der Waals surface area contributed by atoms with Gasteiger partial charge in [0.15, 0.2) is 0 Å². The van der Waals surface area contributed by atoms with Gasteiger partial charge in [-0.25, -0.2) is 9.78 Å². The minimum atomic E-state index is -0.427. The van der Waals surface area contributed by atoms with Gasteiger partial charge in [-0.15, -0.1) is 0 Å². The monoisotopic (exact) mass is 381 g/mol. The van der Waals surface area contributed by atoms with E-state index in [1.54, 1.807) is 37.2 Å². The fourth-order valence-corrected chi connectivity index (χ4v) is 2.97. The number of nitrogens with one attached hydrogen (secondary N) is 1. The SMILES string of the molecule is CCOC(=O)c1c(CN(C)CC(=O)Nc2cc(C)ccn2)oc2ccccc12. The Kier molecular flexibility index (Phi) is 6.06. The molecular formula is C21H23N3O4. The van der Waals surface area contributed by atoms with E-state index in [4.69, 9.17) is 9.15 Å². The molecule has 0 aliphatic carbocycles. The second-order valence-corrected chi connectivity index (χ2v) is 6.56. The third-order valence-electron chi connectivity index (χ3n) is 4.16. The highest BCUT2D eigenvalue weighted by Crippen LogP contribution is 2.27. The predicted octanol–water partition coefficient (Wildman–Crippen LogP) is 3.38. The summed E-state index contributed by atoms with van der Waals surface area (Å²) in [4.78, 5) is 30.6. The van der Waals surface area contributed by atoms with E-state index >= 15 is 0 Å². The number of fused-ring (bicyclic) bond motifs is 1. The number of carbonyl (C=O) groups excluding carboxylic acids is 2. The van der Waals surface area contributed by atoms with Crippen LogP contribution in [0.1, 0.15) is 28.6 Å². The van der Waals surface area contributed by atoms with Crippen LogP contribution in [0.4, 0.5) is 5.82 Å². The van der Waals surface area contributed by atoms with Crippen molar-refractivity contribution in [1.82, 2.24) is 9.88 Å². The maximum absolute atomic E-state index is 12.4. The summed E-state index contributed by atoms with van der Waals surface area (Å²) in [5.74, 6) is 0.358. The molecule has 0 saturated heterocycles. The van der Waals surface area contributed by atoms with Crippen LogP contribution in [0, 0.1) is 6.92 Å². The van der Waals surface area contributed by atoms with Crippen LogP contribution in [-0.2, 0) is 16.1 Å². The van der Waals surface area contributed by atoms with Crippen molar-refractivity contribution in [2.45, 2.75) is 20.4 Å². The van der Waals surface area contributed by atoms with Crippen LogP contribution < -0.4 is 5.32 Å². The van der Waals surface area contributed by atoms with E-state index in [0.29, 0.717) is 28.1 Å². The maximum Gasteiger partial charge on any atom is 0.342 e. The molecule has 1 aromatic carbocycles. The van der Waals surface area contributed by atoms with Crippen molar-refractivity contribution in [2.24, 2.45) is 0 Å². The van der Waals surface area contributed by atoms with Crippen molar-refractivity contribution in [1.29, 1.82) is 0 Å². The van der Waals surface area contributed by atoms with Crippen molar-refractivity contribution in [3.05, 3.63) is 59.5 Å². The van der Waals surface area contributed by atoms with Gasteiger partial charge in [0.05, 0.1) is 19.7 Å². The average Bonchev–Trinajstić information content (AvgIpc) is 2.99. The Labute approximate surface area is 163 Å². The Morgan fingerprint density at radius 3 is 2.79 bits per heavy atom. The molecule has 28 heavy (non-hydrogen) atoms. The summed E-state index contributed by atoms with van der Waals surface area (Å²) in [6.45, 7) is 4.38. The van der Waals surface area contributed by atoms with E-state index in [0.717, 1.165) is 5.56 Å². The van der Waals surface area contributed by atoms with Crippen molar-refractivity contribution >= 4 is 28.7 Å². The standard InChI is InChI=1S/C21H23N3O4/c1-4-27-21(26)20-15-7-5-6-8-16(15)28-17(20)12-24(3)13-19(25)23-18-11-14(2)9-10-22-18/h5-11H,4,12-13H2,1-3H3,(H,22,23,25). The number of nitrogens with zero attached hydrogens (tertiary/aromatic N) is 2. The normalized spacial score (nSPS) is 11.0. The van der Waals surface area contributed by atoms with Gasteiger partial charge in [0.1, 0.15) is 22.7 Å². The highest BCUT2D eigenvalue weighted by molar-refractivity contribution is 6.04. The number of anilines is 1. The molecule has 146 valence electrons. The van der Waals surface area contributed by atoms with E-state index < -0.39 is 5.97 Å². The number of pyridine rings is 1. The minimum Gasteiger partial charge on any atom is -0.462 e. The molecule has 1 amide bonds. The number of ether oxygens (including phenoxy) is 1. The molecule has 0 radical (unpaired) electrons. The van der Waals surface area contributed by atoms with Gasteiger partial charge in [0.25, 0.3) is 0 Å². The van der Waals surface area contributed by atoms with Gasteiger partial charge in [0, 0.05) is 11.6 Å². The van der Waals surface area contributed by atoms with Gasteiger partial charge in [0.2, 0.25) is 5.91 Å². The van der Waals surface area contributed by atoms with E-state index in [-0.39, 0.29) is 25.6 Å². The number of aryl methyl sites for hydroxylation is 1. The Morgan fingerprint density at radius 1 is 1.25 bits per heavy atom. The quantitative estimate of drug-likeness (QED) is 0.632. The Balaban J connectivity index is 1.73. The largest absolute Gasteiger partial charge is 0.462 e. The first-order valence-corrected chi connectivity index (χ1v) is 9.06. The van der Waals surface area contributed by atoms with E-state index in [1.165, 1.54) is 0 Å². The molecule has 2 aromatic heterocycles. The van der Waals surface area contributed by atoms with Gasteiger partial charge >= 0.3 is 5.97 Å². The summed E-state index contributed by atoms with van der Waals surface area (Å²) >= 11 is 0. The molecule has 0 bridgehead atoms. The molecule has 7 nitrogen and oxygen atoms in total. The zero-order chi connectivity index (χ0) is 20.1.